The molecule has 0 fully saturated rings. The van der Waals surface area contributed by atoms with Crippen LogP contribution in [0.3, 0.4) is 0 Å². The molecule has 1 atom stereocenters. The third-order valence-electron chi connectivity index (χ3n) is 3.88. The lowest BCUT2D eigenvalue weighted by atomic mass is 9.84. The van der Waals surface area contributed by atoms with Gasteiger partial charge in [-0.1, -0.05) is 61.2 Å². The number of hydrogen-bond donors (Lipinski definition) is 0. The predicted octanol–water partition coefficient (Wildman–Crippen LogP) is 3.35. The third kappa shape index (κ3) is 2.25. The van der Waals surface area contributed by atoms with Crippen molar-refractivity contribution in [3.8, 4) is 0 Å². The molecule has 0 unspecified atom stereocenters. The standard InChI is InChI=1S/C18H17NO/c1-2-18(20)19-12-15-10-6-7-11-16(15)17(13-19)14-8-4-3-5-9-14/h2-11,17H,1,12-13H2/t17-/m0/s1. The normalized spacial score (nSPS) is 17.4. The number of rotatable bonds is 2. The first kappa shape index (κ1) is 12.7. The molecule has 0 saturated heterocycles. The van der Waals surface area contributed by atoms with Crippen LogP contribution >= 0.6 is 0 Å². The maximum atomic E-state index is 12.0. The van der Waals surface area contributed by atoms with Crippen LogP contribution < -0.4 is 0 Å². The van der Waals surface area contributed by atoms with Crippen LogP contribution in [0.1, 0.15) is 22.6 Å². The van der Waals surface area contributed by atoms with Crippen molar-refractivity contribution in [2.24, 2.45) is 0 Å². The Hall–Kier alpha value is -2.35. The number of carbonyl (C=O) groups excluding carboxylic acids is 1. The largest absolute Gasteiger partial charge is 0.334 e. The molecule has 3 rings (SSSR count). The van der Waals surface area contributed by atoms with Crippen LogP contribution in [0.2, 0.25) is 0 Å². The van der Waals surface area contributed by atoms with Crippen LogP contribution in [0.5, 0.6) is 0 Å². The molecule has 0 saturated carbocycles. The van der Waals surface area contributed by atoms with Gasteiger partial charge in [0.25, 0.3) is 0 Å². The second kappa shape index (κ2) is 5.33. The summed E-state index contributed by atoms with van der Waals surface area (Å²) in [6.45, 7) is 4.98. The van der Waals surface area contributed by atoms with E-state index < -0.39 is 0 Å². The zero-order valence-corrected chi connectivity index (χ0v) is 11.3. The Morgan fingerprint density at radius 1 is 1.10 bits per heavy atom. The van der Waals surface area contributed by atoms with Gasteiger partial charge in [0.15, 0.2) is 0 Å². The average molecular weight is 263 g/mol. The number of nitrogens with zero attached hydrogens (tertiary/aromatic N) is 1. The number of hydrogen-bond acceptors (Lipinski definition) is 1. The van der Waals surface area contributed by atoms with Gasteiger partial charge in [0.1, 0.15) is 0 Å². The molecule has 0 radical (unpaired) electrons. The van der Waals surface area contributed by atoms with Crippen molar-refractivity contribution < 1.29 is 4.79 Å². The summed E-state index contributed by atoms with van der Waals surface area (Å²) in [5.74, 6) is 0.241. The topological polar surface area (TPSA) is 20.3 Å². The first-order chi connectivity index (χ1) is 9.79. The summed E-state index contributed by atoms with van der Waals surface area (Å²) in [5.41, 5.74) is 3.80. The van der Waals surface area contributed by atoms with E-state index in [1.165, 1.54) is 22.8 Å². The molecule has 2 heteroatoms. The zero-order chi connectivity index (χ0) is 13.9. The molecule has 0 aromatic heterocycles. The van der Waals surface area contributed by atoms with E-state index in [9.17, 15) is 4.79 Å². The monoisotopic (exact) mass is 263 g/mol. The van der Waals surface area contributed by atoms with Crippen molar-refractivity contribution in [1.29, 1.82) is 0 Å². The second-order valence-corrected chi connectivity index (χ2v) is 5.08. The molecule has 1 heterocycles. The molecule has 2 nitrogen and oxygen atoms in total. The van der Waals surface area contributed by atoms with E-state index in [-0.39, 0.29) is 11.8 Å². The number of benzene rings is 2. The van der Waals surface area contributed by atoms with Crippen molar-refractivity contribution in [1.82, 2.24) is 4.90 Å². The van der Waals surface area contributed by atoms with Gasteiger partial charge >= 0.3 is 0 Å². The maximum Gasteiger partial charge on any atom is 0.246 e. The fraction of sp³-hybridized carbons (Fsp3) is 0.167. The Labute approximate surface area is 119 Å². The Morgan fingerprint density at radius 3 is 2.55 bits per heavy atom. The second-order valence-electron chi connectivity index (χ2n) is 5.08. The van der Waals surface area contributed by atoms with Crippen LogP contribution in [0.4, 0.5) is 0 Å². The number of fused-ring (bicyclic) bond motifs is 1. The van der Waals surface area contributed by atoms with E-state index in [1.54, 1.807) is 0 Å². The van der Waals surface area contributed by atoms with Crippen LogP contribution in [-0.4, -0.2) is 17.4 Å². The minimum atomic E-state index is 0.000402. The van der Waals surface area contributed by atoms with Crippen molar-refractivity contribution in [3.05, 3.63) is 83.9 Å². The van der Waals surface area contributed by atoms with Crippen molar-refractivity contribution >= 4 is 5.91 Å². The molecule has 1 aliphatic heterocycles. The predicted molar refractivity (Wildman–Crippen MR) is 80.3 cm³/mol. The van der Waals surface area contributed by atoms with E-state index in [0.717, 1.165) is 0 Å². The van der Waals surface area contributed by atoms with E-state index in [2.05, 4.69) is 36.9 Å². The van der Waals surface area contributed by atoms with Crippen LogP contribution in [0, 0.1) is 0 Å². The van der Waals surface area contributed by atoms with Gasteiger partial charge in [-0.3, -0.25) is 4.79 Å². The summed E-state index contributed by atoms with van der Waals surface area (Å²) in [6.07, 6.45) is 1.40. The van der Waals surface area contributed by atoms with E-state index in [0.29, 0.717) is 13.1 Å². The quantitative estimate of drug-likeness (QED) is 0.761. The highest BCUT2D eigenvalue weighted by molar-refractivity contribution is 5.87. The first-order valence-corrected chi connectivity index (χ1v) is 6.83. The molecule has 2 aromatic rings. The van der Waals surface area contributed by atoms with Gasteiger partial charge in [0, 0.05) is 19.0 Å². The van der Waals surface area contributed by atoms with Gasteiger partial charge in [0.05, 0.1) is 0 Å². The summed E-state index contributed by atoms with van der Waals surface area (Å²) >= 11 is 0. The maximum absolute atomic E-state index is 12.0. The van der Waals surface area contributed by atoms with Gasteiger partial charge in [-0.2, -0.15) is 0 Å². The lowest BCUT2D eigenvalue weighted by Crippen LogP contribution is -2.37. The fourth-order valence-electron chi connectivity index (χ4n) is 2.87. The highest BCUT2D eigenvalue weighted by atomic mass is 16.2. The van der Waals surface area contributed by atoms with Crippen molar-refractivity contribution in [2.75, 3.05) is 6.54 Å². The summed E-state index contributed by atoms with van der Waals surface area (Å²) in [4.78, 5) is 13.8. The van der Waals surface area contributed by atoms with Gasteiger partial charge in [-0.05, 0) is 22.8 Å². The number of carbonyl (C=O) groups is 1. The van der Waals surface area contributed by atoms with Crippen molar-refractivity contribution in [3.63, 3.8) is 0 Å². The van der Waals surface area contributed by atoms with E-state index >= 15 is 0 Å². The highest BCUT2D eigenvalue weighted by Gasteiger charge is 2.27. The SMILES string of the molecule is C=CC(=O)N1Cc2ccccc2[C@H](c2ccccc2)C1. The van der Waals surface area contributed by atoms with E-state index in [4.69, 9.17) is 0 Å². The highest BCUT2D eigenvalue weighted by Crippen LogP contribution is 2.33. The Balaban J connectivity index is 2.04. The lowest BCUT2D eigenvalue weighted by Gasteiger charge is -2.34. The van der Waals surface area contributed by atoms with Crippen LogP contribution in [0.25, 0.3) is 0 Å². The number of amides is 1. The fourth-order valence-corrected chi connectivity index (χ4v) is 2.87. The smallest absolute Gasteiger partial charge is 0.246 e. The molecule has 100 valence electrons. The van der Waals surface area contributed by atoms with Crippen LogP contribution in [0.15, 0.2) is 67.3 Å². The lowest BCUT2D eigenvalue weighted by molar-refractivity contribution is -0.127. The summed E-state index contributed by atoms with van der Waals surface area (Å²) in [7, 11) is 0. The molecule has 2 aromatic carbocycles. The molecular formula is C18H17NO. The van der Waals surface area contributed by atoms with Crippen LogP contribution in [-0.2, 0) is 11.3 Å². The van der Waals surface area contributed by atoms with Gasteiger partial charge in [0.2, 0.25) is 5.91 Å². The summed E-state index contributed by atoms with van der Waals surface area (Å²) < 4.78 is 0. The molecule has 0 N–H and O–H groups in total. The van der Waals surface area contributed by atoms with E-state index in [1.807, 2.05) is 29.2 Å². The van der Waals surface area contributed by atoms with Gasteiger partial charge in [-0.25, -0.2) is 0 Å². The minimum Gasteiger partial charge on any atom is -0.334 e. The zero-order valence-electron chi connectivity index (χ0n) is 11.3. The Kier molecular flexibility index (Phi) is 3.38. The average Bonchev–Trinajstić information content (AvgIpc) is 2.54. The van der Waals surface area contributed by atoms with Gasteiger partial charge in [-0.15, -0.1) is 0 Å². The molecule has 20 heavy (non-hydrogen) atoms. The molecule has 0 bridgehead atoms. The summed E-state index contributed by atoms with van der Waals surface area (Å²) in [6, 6.07) is 18.7. The Morgan fingerprint density at radius 2 is 1.80 bits per heavy atom. The summed E-state index contributed by atoms with van der Waals surface area (Å²) in [5, 5.41) is 0. The minimum absolute atomic E-state index is 0.000402. The molecule has 0 aliphatic carbocycles. The molecule has 1 amide bonds. The molecule has 0 spiro atoms. The molecular weight excluding hydrogens is 246 g/mol. The third-order valence-corrected chi connectivity index (χ3v) is 3.88. The van der Waals surface area contributed by atoms with Crippen molar-refractivity contribution in [2.45, 2.75) is 12.5 Å². The first-order valence-electron chi connectivity index (χ1n) is 6.83. The Bertz CT molecular complexity index is 633. The van der Waals surface area contributed by atoms with Gasteiger partial charge < -0.3 is 4.90 Å². The molecule has 1 aliphatic rings.